The Labute approximate surface area is 169 Å². The Balaban J connectivity index is 0.00000145. The summed E-state index contributed by atoms with van der Waals surface area (Å²) in [5, 5.41) is 6.22. The highest BCUT2D eigenvalue weighted by molar-refractivity contribution is 5.67. The Kier molecular flexibility index (Phi) is 8.02. The molecule has 29 heavy (non-hydrogen) atoms. The number of nitrogens with zero attached hydrogens (tertiary/aromatic N) is 2. The molecule has 0 saturated carbocycles. The number of ether oxygens (including phenoxy) is 3. The van der Waals surface area contributed by atoms with Crippen molar-refractivity contribution in [3.8, 4) is 17.2 Å². The fraction of sp³-hybridized carbons (Fsp3) is 0.238. The normalized spacial score (nSPS) is 9.72. The van der Waals surface area contributed by atoms with Gasteiger partial charge in [-0.25, -0.2) is 9.37 Å². The lowest BCUT2D eigenvalue weighted by Crippen LogP contribution is -2.01. The lowest BCUT2D eigenvalue weighted by atomic mass is 10.2. The van der Waals surface area contributed by atoms with Crippen LogP contribution in [0.25, 0.3) is 0 Å². The van der Waals surface area contributed by atoms with Crippen molar-refractivity contribution in [1.82, 2.24) is 9.97 Å². The Bertz CT molecular complexity index is 895. The van der Waals surface area contributed by atoms with Crippen molar-refractivity contribution in [2.45, 2.75) is 13.8 Å². The van der Waals surface area contributed by atoms with Gasteiger partial charge in [-0.15, -0.1) is 0 Å². The summed E-state index contributed by atoms with van der Waals surface area (Å²) in [6.07, 6.45) is 3.16. The van der Waals surface area contributed by atoms with Crippen molar-refractivity contribution in [2.24, 2.45) is 0 Å². The first-order valence-electron chi connectivity index (χ1n) is 9.04. The highest BCUT2D eigenvalue weighted by Gasteiger charge is 2.13. The standard InChI is InChI=1S/C19H19FN4O3.C2H6/c1-25-15-8-14(9-16(26-2)19(15)27-3)23-18-11-21-10-17(24-18)22-13-6-4-12(20)5-7-13;1-2/h4-11H,1-3H3,(H2,22,23,24);1-2H3. The van der Waals surface area contributed by atoms with Crippen LogP contribution in [0.2, 0.25) is 0 Å². The number of halogens is 1. The molecule has 0 atom stereocenters. The molecule has 0 unspecified atom stereocenters. The van der Waals surface area contributed by atoms with E-state index in [-0.39, 0.29) is 5.82 Å². The van der Waals surface area contributed by atoms with E-state index in [1.165, 1.54) is 12.1 Å². The van der Waals surface area contributed by atoms with Crippen molar-refractivity contribution < 1.29 is 18.6 Å². The monoisotopic (exact) mass is 400 g/mol. The molecule has 0 saturated heterocycles. The molecule has 0 fully saturated rings. The van der Waals surface area contributed by atoms with E-state index in [4.69, 9.17) is 14.2 Å². The maximum atomic E-state index is 13.0. The molecular formula is C21H25FN4O3. The summed E-state index contributed by atoms with van der Waals surface area (Å²) >= 11 is 0. The number of methoxy groups -OCH3 is 3. The zero-order valence-corrected chi connectivity index (χ0v) is 17.1. The third-order valence-electron chi connectivity index (χ3n) is 3.69. The summed E-state index contributed by atoms with van der Waals surface area (Å²) in [4.78, 5) is 8.61. The van der Waals surface area contributed by atoms with Crippen LogP contribution in [0.15, 0.2) is 48.8 Å². The first-order chi connectivity index (χ1) is 14.1. The molecule has 7 nitrogen and oxygen atoms in total. The molecule has 0 aliphatic carbocycles. The molecule has 0 radical (unpaired) electrons. The number of nitrogens with one attached hydrogen (secondary N) is 2. The Morgan fingerprint density at radius 3 is 1.76 bits per heavy atom. The minimum atomic E-state index is -0.301. The molecule has 3 rings (SSSR count). The second-order valence-electron chi connectivity index (χ2n) is 5.46. The first kappa shape index (κ1) is 21.7. The van der Waals surface area contributed by atoms with Gasteiger partial charge in [-0.05, 0) is 24.3 Å². The summed E-state index contributed by atoms with van der Waals surface area (Å²) < 4.78 is 29.0. The second kappa shape index (κ2) is 10.7. The number of hydrogen-bond donors (Lipinski definition) is 2. The molecule has 0 aliphatic heterocycles. The van der Waals surface area contributed by atoms with Crippen LogP contribution in [0.5, 0.6) is 17.2 Å². The van der Waals surface area contributed by atoms with E-state index < -0.39 is 0 Å². The van der Waals surface area contributed by atoms with Crippen LogP contribution in [-0.4, -0.2) is 31.3 Å². The third kappa shape index (κ3) is 5.71. The van der Waals surface area contributed by atoms with Gasteiger partial charge in [-0.1, -0.05) is 13.8 Å². The molecule has 0 amide bonds. The van der Waals surface area contributed by atoms with Gasteiger partial charge >= 0.3 is 0 Å². The number of aromatic nitrogens is 2. The van der Waals surface area contributed by atoms with Gasteiger partial charge < -0.3 is 24.8 Å². The van der Waals surface area contributed by atoms with E-state index in [9.17, 15) is 4.39 Å². The Hall–Kier alpha value is -3.55. The molecular weight excluding hydrogens is 375 g/mol. The maximum absolute atomic E-state index is 13.0. The van der Waals surface area contributed by atoms with Gasteiger partial charge in [-0.2, -0.15) is 0 Å². The summed E-state index contributed by atoms with van der Waals surface area (Å²) in [7, 11) is 4.64. The smallest absolute Gasteiger partial charge is 0.203 e. The van der Waals surface area contributed by atoms with Crippen molar-refractivity contribution in [1.29, 1.82) is 0 Å². The predicted octanol–water partition coefficient (Wildman–Crippen LogP) is 5.15. The van der Waals surface area contributed by atoms with Crippen molar-refractivity contribution >= 4 is 23.0 Å². The zero-order valence-electron chi connectivity index (χ0n) is 17.1. The minimum Gasteiger partial charge on any atom is -0.493 e. The van der Waals surface area contributed by atoms with E-state index in [0.717, 1.165) is 0 Å². The topological polar surface area (TPSA) is 77.5 Å². The fourth-order valence-electron chi connectivity index (χ4n) is 2.47. The van der Waals surface area contributed by atoms with Crippen LogP contribution >= 0.6 is 0 Å². The molecule has 8 heteroatoms. The van der Waals surface area contributed by atoms with Gasteiger partial charge in [-0.3, -0.25) is 4.98 Å². The molecule has 3 aromatic rings. The molecule has 154 valence electrons. The predicted molar refractivity (Wildman–Crippen MR) is 112 cm³/mol. The van der Waals surface area contributed by atoms with Crippen LogP contribution < -0.4 is 24.8 Å². The van der Waals surface area contributed by atoms with Crippen molar-refractivity contribution in [3.63, 3.8) is 0 Å². The average molecular weight is 400 g/mol. The van der Waals surface area contributed by atoms with Crippen LogP contribution in [0.1, 0.15) is 13.8 Å². The highest BCUT2D eigenvalue weighted by atomic mass is 19.1. The van der Waals surface area contributed by atoms with E-state index in [0.29, 0.717) is 40.3 Å². The number of rotatable bonds is 7. The zero-order chi connectivity index (χ0) is 21.2. The second-order valence-corrected chi connectivity index (χ2v) is 5.46. The lowest BCUT2D eigenvalue weighted by molar-refractivity contribution is 0.324. The molecule has 0 bridgehead atoms. The number of benzene rings is 2. The van der Waals surface area contributed by atoms with Gasteiger partial charge in [0.1, 0.15) is 5.82 Å². The molecule has 1 heterocycles. The fourth-order valence-corrected chi connectivity index (χ4v) is 2.47. The molecule has 2 aromatic carbocycles. The van der Waals surface area contributed by atoms with E-state index in [1.807, 2.05) is 13.8 Å². The van der Waals surface area contributed by atoms with Gasteiger partial charge in [0, 0.05) is 23.5 Å². The molecule has 1 aromatic heterocycles. The largest absolute Gasteiger partial charge is 0.493 e. The minimum absolute atomic E-state index is 0.301. The van der Waals surface area contributed by atoms with Crippen LogP contribution in [0, 0.1) is 5.82 Å². The summed E-state index contributed by atoms with van der Waals surface area (Å²) in [5.74, 6) is 2.27. The molecule has 0 spiro atoms. The van der Waals surface area contributed by atoms with E-state index in [1.54, 1.807) is 58.0 Å². The van der Waals surface area contributed by atoms with Gasteiger partial charge in [0.15, 0.2) is 23.1 Å². The van der Waals surface area contributed by atoms with E-state index >= 15 is 0 Å². The van der Waals surface area contributed by atoms with Crippen LogP contribution in [-0.2, 0) is 0 Å². The number of hydrogen-bond acceptors (Lipinski definition) is 7. The van der Waals surface area contributed by atoms with Crippen LogP contribution in [0.3, 0.4) is 0 Å². The summed E-state index contributed by atoms with van der Waals surface area (Å²) in [5.41, 5.74) is 1.40. The van der Waals surface area contributed by atoms with Gasteiger partial charge in [0.05, 0.1) is 33.7 Å². The Morgan fingerprint density at radius 1 is 0.759 bits per heavy atom. The van der Waals surface area contributed by atoms with Crippen LogP contribution in [0.4, 0.5) is 27.4 Å². The van der Waals surface area contributed by atoms with E-state index in [2.05, 4.69) is 20.6 Å². The lowest BCUT2D eigenvalue weighted by Gasteiger charge is -2.15. The van der Waals surface area contributed by atoms with Crippen molar-refractivity contribution in [2.75, 3.05) is 32.0 Å². The maximum Gasteiger partial charge on any atom is 0.203 e. The van der Waals surface area contributed by atoms with Gasteiger partial charge in [0.25, 0.3) is 0 Å². The summed E-state index contributed by atoms with van der Waals surface area (Å²) in [6, 6.07) is 9.51. The SMILES string of the molecule is CC.COc1cc(Nc2cncc(Nc3ccc(F)cc3)n2)cc(OC)c1OC. The first-order valence-corrected chi connectivity index (χ1v) is 9.04. The molecule has 0 aliphatic rings. The Morgan fingerprint density at radius 2 is 1.28 bits per heavy atom. The number of anilines is 4. The highest BCUT2D eigenvalue weighted by Crippen LogP contribution is 2.40. The molecule has 2 N–H and O–H groups in total. The van der Waals surface area contributed by atoms with Gasteiger partial charge in [0.2, 0.25) is 5.75 Å². The van der Waals surface area contributed by atoms with Crippen molar-refractivity contribution in [3.05, 3.63) is 54.6 Å². The quantitative estimate of drug-likeness (QED) is 0.567. The third-order valence-corrected chi connectivity index (χ3v) is 3.69. The average Bonchev–Trinajstić information content (AvgIpc) is 2.76. The summed E-state index contributed by atoms with van der Waals surface area (Å²) in [6.45, 7) is 4.00.